The van der Waals surface area contributed by atoms with E-state index in [0.29, 0.717) is 0 Å². The summed E-state index contributed by atoms with van der Waals surface area (Å²) in [7, 11) is 3.02. The number of fused-ring (bicyclic) bond motifs is 3. The average Bonchev–Trinajstić information content (AvgIpc) is 2.87. The number of anilines is 1. The molecule has 0 aliphatic heterocycles. The lowest BCUT2D eigenvalue weighted by molar-refractivity contribution is -0.153. The molecule has 2 aromatic carbocycles. The van der Waals surface area contributed by atoms with Crippen LogP contribution < -0.4 is 11.1 Å². The van der Waals surface area contributed by atoms with Gasteiger partial charge in [0.15, 0.2) is 11.4 Å². The summed E-state index contributed by atoms with van der Waals surface area (Å²) in [6.45, 7) is 0.0335. The number of nitrogens with zero attached hydrogens (tertiary/aromatic N) is 1. The molecule has 1 saturated carbocycles. The largest absolute Gasteiger partial charge is 0.508 e. The van der Waals surface area contributed by atoms with Crippen LogP contribution in [0.5, 0.6) is 5.75 Å². The molecule has 41 heavy (non-hydrogen) atoms. The van der Waals surface area contributed by atoms with Crippen LogP contribution in [0.25, 0.3) is 5.76 Å². The van der Waals surface area contributed by atoms with Crippen molar-refractivity contribution in [2.45, 2.75) is 31.0 Å². The number of aromatic hydroxyl groups is 1. The first kappa shape index (κ1) is 31.9. The number of halogens is 3. The van der Waals surface area contributed by atoms with E-state index in [4.69, 9.17) is 5.73 Å². The van der Waals surface area contributed by atoms with Gasteiger partial charge in [0, 0.05) is 34.9 Å². The molecule has 4 atom stereocenters. The quantitative estimate of drug-likeness (QED) is 0.278. The fourth-order valence-corrected chi connectivity index (χ4v) is 6.23. The summed E-state index contributed by atoms with van der Waals surface area (Å²) in [5.41, 5.74) is 1.93. The number of carbonyl (C=O) groups excluding carboxylic acids is 3. The van der Waals surface area contributed by atoms with Gasteiger partial charge in [0.2, 0.25) is 5.78 Å². The highest BCUT2D eigenvalue weighted by Crippen LogP contribution is 2.53. The molecule has 3 aliphatic carbocycles. The molecule has 0 radical (unpaired) electrons. The van der Waals surface area contributed by atoms with Crippen molar-refractivity contribution < 1.29 is 39.2 Å². The van der Waals surface area contributed by atoms with Crippen molar-refractivity contribution in [2.75, 3.05) is 19.4 Å². The molecular weight excluding hydrogens is 580 g/mol. The maximum Gasteiger partial charge on any atom is 0.255 e. The van der Waals surface area contributed by atoms with Gasteiger partial charge in [-0.15, -0.1) is 24.8 Å². The maximum absolute atomic E-state index is 15.8. The lowest BCUT2D eigenvalue weighted by Crippen LogP contribution is -2.65. The Morgan fingerprint density at radius 1 is 1.15 bits per heavy atom. The van der Waals surface area contributed by atoms with E-state index in [2.05, 4.69) is 5.32 Å². The number of Topliss-reactive ketones (excluding diaryl/α,β-unsaturated/α-hetero) is 2. The number of likely N-dealkylation sites (N-methyl/N-ethyl adjacent to an activating group) is 1. The summed E-state index contributed by atoms with van der Waals surface area (Å²) in [6, 6.07) is 8.99. The van der Waals surface area contributed by atoms with Gasteiger partial charge in [-0.2, -0.15) is 0 Å². The van der Waals surface area contributed by atoms with Gasteiger partial charge < -0.3 is 31.5 Å². The summed E-state index contributed by atoms with van der Waals surface area (Å²) in [5, 5.41) is 47.5. The second-order valence-electron chi connectivity index (χ2n) is 10.4. The van der Waals surface area contributed by atoms with Crippen molar-refractivity contribution in [1.82, 2.24) is 4.90 Å². The van der Waals surface area contributed by atoms with E-state index in [-0.39, 0.29) is 66.5 Å². The third kappa shape index (κ3) is 4.72. The fraction of sp³-hybridized carbons (Fsp3) is 0.321. The number of hydrogen-bond acceptors (Lipinski definition) is 9. The standard InChI is InChI=1S/C28H28FN3O7.2ClH/c1-32(2)22-16-9-12-8-15-19(17(33)10-13(21(15)29)11-31-14-6-4-3-5-7-14)23(34)18(12)25(36)28(16,39)26(37)20(24(22)35)27(30)38;;/h3-7,10,12,16,22,31,33-34,37,39H,8-9,11H2,1-2H3,(H2,30,38);2*1H/t12-,16-,22-,28-;;/m0../s1. The molecule has 1 amide bonds. The molecule has 0 aromatic heterocycles. The number of hydrogen-bond donors (Lipinski definition) is 6. The number of ketones is 2. The van der Waals surface area contributed by atoms with Crippen LogP contribution in [0.3, 0.4) is 0 Å². The van der Waals surface area contributed by atoms with Crippen molar-refractivity contribution in [3.8, 4) is 5.75 Å². The van der Waals surface area contributed by atoms with Gasteiger partial charge in [0.1, 0.15) is 28.7 Å². The summed E-state index contributed by atoms with van der Waals surface area (Å²) in [4.78, 5) is 40.4. The number of phenolic OH excluding ortho intramolecular Hbond substituents is 1. The third-order valence-corrected chi connectivity index (χ3v) is 7.99. The van der Waals surface area contributed by atoms with Gasteiger partial charge in [-0.1, -0.05) is 18.2 Å². The minimum absolute atomic E-state index is 0. The van der Waals surface area contributed by atoms with E-state index >= 15 is 4.39 Å². The molecule has 0 saturated heterocycles. The Morgan fingerprint density at radius 3 is 2.37 bits per heavy atom. The first-order valence-electron chi connectivity index (χ1n) is 12.4. The predicted molar refractivity (Wildman–Crippen MR) is 152 cm³/mol. The van der Waals surface area contributed by atoms with Crippen molar-refractivity contribution in [1.29, 1.82) is 0 Å². The summed E-state index contributed by atoms with van der Waals surface area (Å²) in [6.07, 6.45) is -0.231. The third-order valence-electron chi connectivity index (χ3n) is 7.99. The van der Waals surface area contributed by atoms with Gasteiger partial charge >= 0.3 is 0 Å². The zero-order valence-electron chi connectivity index (χ0n) is 22.1. The number of nitrogens with two attached hydrogens (primary N) is 1. The molecule has 5 rings (SSSR count). The van der Waals surface area contributed by atoms with Gasteiger partial charge in [-0.05, 0) is 51.1 Å². The van der Waals surface area contributed by atoms with Gasteiger partial charge in [-0.3, -0.25) is 19.3 Å². The average molecular weight is 610 g/mol. The topological polar surface area (TPSA) is 173 Å². The van der Waals surface area contributed by atoms with E-state index < -0.39 is 69.6 Å². The number of phenols is 1. The number of rotatable bonds is 5. The highest BCUT2D eigenvalue weighted by atomic mass is 35.5. The zero-order valence-corrected chi connectivity index (χ0v) is 23.7. The minimum atomic E-state index is -2.74. The monoisotopic (exact) mass is 609 g/mol. The number of carbonyl (C=O) groups is 3. The van der Waals surface area contributed by atoms with Gasteiger partial charge in [0.25, 0.3) is 5.91 Å². The highest BCUT2D eigenvalue weighted by molar-refractivity contribution is 6.24. The lowest BCUT2D eigenvalue weighted by Gasteiger charge is -2.50. The molecule has 3 aliphatic rings. The van der Waals surface area contributed by atoms with Crippen LogP contribution in [0, 0.1) is 17.7 Å². The van der Waals surface area contributed by atoms with Crippen molar-refractivity contribution >= 4 is 53.7 Å². The normalized spacial score (nSPS) is 25.0. The van der Waals surface area contributed by atoms with E-state index in [1.54, 1.807) is 12.1 Å². The molecule has 0 heterocycles. The number of aliphatic hydroxyl groups excluding tert-OH is 2. The second-order valence-corrected chi connectivity index (χ2v) is 10.4. The lowest BCUT2D eigenvalue weighted by atomic mass is 9.57. The Kier molecular flexibility index (Phi) is 8.81. The van der Waals surface area contributed by atoms with Gasteiger partial charge in [-0.25, -0.2) is 4.39 Å². The maximum atomic E-state index is 15.8. The number of nitrogens with one attached hydrogen (secondary N) is 1. The molecule has 220 valence electrons. The summed E-state index contributed by atoms with van der Waals surface area (Å²) < 4.78 is 15.8. The molecule has 10 nitrogen and oxygen atoms in total. The van der Waals surface area contributed by atoms with Crippen LogP contribution in [0.4, 0.5) is 10.1 Å². The zero-order chi connectivity index (χ0) is 28.4. The van der Waals surface area contributed by atoms with E-state index in [1.807, 2.05) is 18.2 Å². The first-order valence-corrected chi connectivity index (χ1v) is 12.4. The Bertz CT molecular complexity index is 1500. The Labute approximate surface area is 247 Å². The second kappa shape index (κ2) is 11.3. The summed E-state index contributed by atoms with van der Waals surface area (Å²) in [5.74, 6) is -8.42. The van der Waals surface area contributed by atoms with E-state index in [1.165, 1.54) is 19.0 Å². The number of aliphatic hydroxyl groups is 3. The predicted octanol–water partition coefficient (Wildman–Crippen LogP) is 2.56. The van der Waals surface area contributed by atoms with Crippen LogP contribution in [0.2, 0.25) is 0 Å². The van der Waals surface area contributed by atoms with Crippen molar-refractivity contribution in [3.05, 3.63) is 75.8 Å². The molecule has 1 fully saturated rings. The van der Waals surface area contributed by atoms with E-state index in [9.17, 15) is 34.8 Å². The molecule has 0 spiro atoms. The molecule has 0 unspecified atom stereocenters. The summed E-state index contributed by atoms with van der Waals surface area (Å²) >= 11 is 0. The molecule has 13 heteroatoms. The Balaban J connectivity index is 0.00000231. The Morgan fingerprint density at radius 2 is 1.78 bits per heavy atom. The van der Waals surface area contributed by atoms with Crippen LogP contribution >= 0.6 is 24.8 Å². The molecular formula is C28H30Cl2FN3O7. The minimum Gasteiger partial charge on any atom is -0.508 e. The fourth-order valence-electron chi connectivity index (χ4n) is 6.23. The Hall–Kier alpha value is -3.64. The van der Waals surface area contributed by atoms with Gasteiger partial charge in [0.05, 0.1) is 11.6 Å². The molecule has 2 aromatic rings. The van der Waals surface area contributed by atoms with Crippen LogP contribution in [0.15, 0.2) is 53.3 Å². The SMILES string of the molecule is CN(C)[C@@H]1C(=O)C(C(N)=O)=C(O)[C@@]2(O)C(=O)C3=C(O)c4c(O)cc(CNc5ccccc5)c(F)c4C[C@H]3C[C@@H]12.Cl.Cl. The number of primary amides is 1. The molecule has 7 N–H and O–H groups in total. The van der Waals surface area contributed by atoms with Crippen LogP contribution in [-0.4, -0.2) is 68.5 Å². The smallest absolute Gasteiger partial charge is 0.255 e. The van der Waals surface area contributed by atoms with Crippen LogP contribution in [0.1, 0.15) is 23.1 Å². The van der Waals surface area contributed by atoms with Crippen LogP contribution in [-0.2, 0) is 27.3 Å². The van der Waals surface area contributed by atoms with E-state index in [0.717, 1.165) is 11.8 Å². The van der Waals surface area contributed by atoms with Crippen molar-refractivity contribution in [2.24, 2.45) is 17.6 Å². The first-order chi connectivity index (χ1) is 18.4. The number of para-hydroxylation sites is 1. The van der Waals surface area contributed by atoms with Crippen molar-refractivity contribution in [3.63, 3.8) is 0 Å². The number of benzene rings is 2. The molecule has 0 bridgehead atoms. The highest BCUT2D eigenvalue weighted by Gasteiger charge is 2.64. The number of amides is 1.